The van der Waals surface area contributed by atoms with Gasteiger partial charge < -0.3 is 4.90 Å². The molecule has 0 bridgehead atoms. The maximum absolute atomic E-state index is 11.7. The molecule has 1 amide bonds. The van der Waals surface area contributed by atoms with E-state index < -0.39 is 0 Å². The number of carbonyl (C=O) groups is 1. The highest BCUT2D eigenvalue weighted by molar-refractivity contribution is 9.10. The van der Waals surface area contributed by atoms with Crippen molar-refractivity contribution in [2.75, 3.05) is 18.9 Å². The molecule has 0 spiro atoms. The Morgan fingerprint density at radius 3 is 2.43 bits per heavy atom. The van der Waals surface area contributed by atoms with E-state index in [0.717, 1.165) is 21.9 Å². The van der Waals surface area contributed by atoms with Gasteiger partial charge in [-0.2, -0.15) is 0 Å². The maximum atomic E-state index is 11.7. The molecule has 1 aromatic rings. The molecule has 0 heterocycles. The Kier molecular flexibility index (Phi) is 4.62. The third-order valence-corrected chi connectivity index (χ3v) is 2.74. The lowest BCUT2D eigenvalue weighted by atomic mass is 10.2. The second-order valence-electron chi connectivity index (χ2n) is 2.92. The van der Waals surface area contributed by atoms with Crippen LogP contribution in [-0.4, -0.2) is 29.7 Å². The van der Waals surface area contributed by atoms with Gasteiger partial charge in [0.2, 0.25) is 0 Å². The molecule has 14 heavy (non-hydrogen) atoms. The Balaban J connectivity index is 2.74. The van der Waals surface area contributed by atoms with Gasteiger partial charge in [-0.15, -0.1) is 0 Å². The molecule has 0 aliphatic rings. The number of carbonyl (C=O) groups excluding carboxylic acids is 1. The first-order chi connectivity index (χ1) is 6.65. The third kappa shape index (κ3) is 3.10. The van der Waals surface area contributed by atoms with Gasteiger partial charge in [-0.3, -0.25) is 4.79 Å². The molecule has 2 nitrogen and oxygen atoms in total. The highest BCUT2D eigenvalue weighted by Gasteiger charge is 2.09. The zero-order valence-corrected chi connectivity index (χ0v) is 11.0. The molecule has 4 heteroatoms. The van der Waals surface area contributed by atoms with E-state index in [-0.39, 0.29) is 5.91 Å². The summed E-state index contributed by atoms with van der Waals surface area (Å²) in [4.78, 5) is 13.4. The second-order valence-corrected chi connectivity index (χ2v) is 4.63. The van der Waals surface area contributed by atoms with Crippen LogP contribution < -0.4 is 0 Å². The minimum absolute atomic E-state index is 0.0527. The molecule has 0 radical (unpaired) electrons. The van der Waals surface area contributed by atoms with Crippen LogP contribution in [0.1, 0.15) is 10.4 Å². The normalized spacial score (nSPS) is 9.93. The molecular formula is C10H11Br2NO. The van der Waals surface area contributed by atoms with Gasteiger partial charge in [0.1, 0.15) is 0 Å². The maximum Gasteiger partial charge on any atom is 0.253 e. The summed E-state index contributed by atoms with van der Waals surface area (Å²) in [5.41, 5.74) is 0.719. The fourth-order valence-corrected chi connectivity index (χ4v) is 1.84. The Hall–Kier alpha value is -0.350. The zero-order chi connectivity index (χ0) is 10.6. The molecular weight excluding hydrogens is 310 g/mol. The minimum atomic E-state index is 0.0527. The summed E-state index contributed by atoms with van der Waals surface area (Å²) in [6.07, 6.45) is 0. The van der Waals surface area contributed by atoms with Crippen LogP contribution in [0.2, 0.25) is 0 Å². The molecule has 0 unspecified atom stereocenters. The number of hydrogen-bond donors (Lipinski definition) is 0. The topological polar surface area (TPSA) is 20.3 Å². The van der Waals surface area contributed by atoms with Gasteiger partial charge in [0.05, 0.1) is 0 Å². The average Bonchev–Trinajstić information content (AvgIpc) is 2.18. The van der Waals surface area contributed by atoms with Gasteiger partial charge >= 0.3 is 0 Å². The summed E-state index contributed by atoms with van der Waals surface area (Å²) >= 11 is 6.63. The molecule has 0 saturated heterocycles. The van der Waals surface area contributed by atoms with E-state index in [1.165, 1.54) is 0 Å². The van der Waals surface area contributed by atoms with Crippen molar-refractivity contribution in [2.45, 2.75) is 0 Å². The SMILES string of the molecule is CN(CCBr)C(=O)c1ccc(Br)cc1. The molecule has 0 aliphatic heterocycles. The molecule has 0 atom stereocenters. The van der Waals surface area contributed by atoms with E-state index in [0.29, 0.717) is 0 Å². The fourth-order valence-electron chi connectivity index (χ4n) is 1.04. The summed E-state index contributed by atoms with van der Waals surface area (Å²) in [7, 11) is 1.80. The lowest BCUT2D eigenvalue weighted by Gasteiger charge is -2.15. The number of rotatable bonds is 3. The lowest BCUT2D eigenvalue weighted by Crippen LogP contribution is -2.28. The van der Waals surface area contributed by atoms with Gasteiger partial charge in [0, 0.05) is 29.0 Å². The highest BCUT2D eigenvalue weighted by Crippen LogP contribution is 2.11. The first-order valence-electron chi connectivity index (χ1n) is 4.22. The Morgan fingerprint density at radius 1 is 1.36 bits per heavy atom. The Labute approximate surface area is 101 Å². The first-order valence-corrected chi connectivity index (χ1v) is 6.13. The number of halogens is 2. The van der Waals surface area contributed by atoms with Crippen LogP contribution >= 0.6 is 31.9 Å². The number of nitrogens with zero attached hydrogens (tertiary/aromatic N) is 1. The van der Waals surface area contributed by atoms with E-state index in [9.17, 15) is 4.79 Å². The highest BCUT2D eigenvalue weighted by atomic mass is 79.9. The standard InChI is InChI=1S/C10H11Br2NO/c1-13(7-6-11)10(14)8-2-4-9(12)5-3-8/h2-5H,6-7H2,1H3. The Bertz CT molecular complexity index is 310. The van der Waals surface area contributed by atoms with Crippen LogP contribution in [0.25, 0.3) is 0 Å². The smallest absolute Gasteiger partial charge is 0.253 e. The van der Waals surface area contributed by atoms with Crippen molar-refractivity contribution in [3.63, 3.8) is 0 Å². The third-order valence-electron chi connectivity index (χ3n) is 1.86. The van der Waals surface area contributed by atoms with Crippen LogP contribution in [0.3, 0.4) is 0 Å². The van der Waals surface area contributed by atoms with Crippen LogP contribution in [0.4, 0.5) is 0 Å². The molecule has 1 aromatic carbocycles. The van der Waals surface area contributed by atoms with E-state index in [1.54, 1.807) is 11.9 Å². The van der Waals surface area contributed by atoms with Crippen LogP contribution in [-0.2, 0) is 0 Å². The number of alkyl halides is 1. The van der Waals surface area contributed by atoms with Gasteiger partial charge in [0.25, 0.3) is 5.91 Å². The average molecular weight is 321 g/mol. The quantitative estimate of drug-likeness (QED) is 0.784. The predicted octanol–water partition coefficient (Wildman–Crippen LogP) is 2.92. The van der Waals surface area contributed by atoms with Crippen molar-refractivity contribution in [3.8, 4) is 0 Å². The largest absolute Gasteiger partial charge is 0.341 e. The monoisotopic (exact) mass is 319 g/mol. The van der Waals surface area contributed by atoms with Gasteiger partial charge in [-0.25, -0.2) is 0 Å². The van der Waals surface area contributed by atoms with Crippen LogP contribution in [0.15, 0.2) is 28.7 Å². The van der Waals surface area contributed by atoms with Crippen molar-refractivity contribution in [2.24, 2.45) is 0 Å². The molecule has 0 saturated carbocycles. The van der Waals surface area contributed by atoms with E-state index in [1.807, 2.05) is 24.3 Å². The second kappa shape index (κ2) is 5.51. The number of benzene rings is 1. The van der Waals surface area contributed by atoms with Gasteiger partial charge in [0.15, 0.2) is 0 Å². The first kappa shape index (κ1) is 11.7. The van der Waals surface area contributed by atoms with E-state index >= 15 is 0 Å². The molecule has 0 aliphatic carbocycles. The van der Waals surface area contributed by atoms with Gasteiger partial charge in [-0.1, -0.05) is 31.9 Å². The molecule has 0 N–H and O–H groups in total. The number of amides is 1. The molecule has 76 valence electrons. The van der Waals surface area contributed by atoms with Crippen molar-refractivity contribution in [1.29, 1.82) is 0 Å². The Morgan fingerprint density at radius 2 is 1.93 bits per heavy atom. The van der Waals surface area contributed by atoms with Crippen molar-refractivity contribution >= 4 is 37.8 Å². The van der Waals surface area contributed by atoms with Crippen molar-refractivity contribution in [1.82, 2.24) is 4.90 Å². The summed E-state index contributed by atoms with van der Waals surface area (Å²) in [5.74, 6) is 0.0527. The van der Waals surface area contributed by atoms with E-state index in [2.05, 4.69) is 31.9 Å². The number of hydrogen-bond acceptors (Lipinski definition) is 1. The summed E-state index contributed by atoms with van der Waals surface area (Å²) in [6, 6.07) is 7.37. The summed E-state index contributed by atoms with van der Waals surface area (Å²) in [5, 5.41) is 0.797. The van der Waals surface area contributed by atoms with E-state index in [4.69, 9.17) is 0 Å². The molecule has 0 fully saturated rings. The van der Waals surface area contributed by atoms with Crippen molar-refractivity contribution in [3.05, 3.63) is 34.3 Å². The van der Waals surface area contributed by atoms with Crippen LogP contribution in [0.5, 0.6) is 0 Å². The summed E-state index contributed by atoms with van der Waals surface area (Å²) in [6.45, 7) is 0.717. The zero-order valence-electron chi connectivity index (χ0n) is 7.84. The minimum Gasteiger partial charge on any atom is -0.341 e. The van der Waals surface area contributed by atoms with Crippen LogP contribution in [0, 0.1) is 0 Å². The predicted molar refractivity (Wildman–Crippen MR) is 64.9 cm³/mol. The van der Waals surface area contributed by atoms with Gasteiger partial charge in [-0.05, 0) is 24.3 Å². The molecule has 0 aromatic heterocycles. The molecule has 1 rings (SSSR count). The van der Waals surface area contributed by atoms with Crippen molar-refractivity contribution < 1.29 is 4.79 Å². The lowest BCUT2D eigenvalue weighted by molar-refractivity contribution is 0.0804. The fraction of sp³-hybridized carbons (Fsp3) is 0.300. The summed E-state index contributed by atoms with van der Waals surface area (Å²) < 4.78 is 0.984.